The maximum Gasteiger partial charge on any atom is 0.141 e. The zero-order valence-electron chi connectivity index (χ0n) is 11.8. The number of hydrogen-bond acceptors (Lipinski definition) is 3. The van der Waals surface area contributed by atoms with Crippen molar-refractivity contribution in [2.75, 3.05) is 0 Å². The SMILES string of the molecule is Cc1ccc(-c2cc(-c3ccc(F)cc3)[nH]c(=N)c2C#N)s1. The number of thiophene rings is 1. The molecule has 0 bridgehead atoms. The summed E-state index contributed by atoms with van der Waals surface area (Å²) in [5.41, 5.74) is 2.56. The molecule has 5 heteroatoms. The van der Waals surface area contributed by atoms with Crippen molar-refractivity contribution in [3.63, 3.8) is 0 Å². The van der Waals surface area contributed by atoms with Crippen molar-refractivity contribution >= 4 is 11.3 Å². The molecule has 22 heavy (non-hydrogen) atoms. The highest BCUT2D eigenvalue weighted by Crippen LogP contribution is 2.31. The largest absolute Gasteiger partial charge is 0.339 e. The van der Waals surface area contributed by atoms with Crippen molar-refractivity contribution in [3.05, 3.63) is 64.2 Å². The number of aromatic nitrogens is 1. The summed E-state index contributed by atoms with van der Waals surface area (Å²) >= 11 is 1.58. The van der Waals surface area contributed by atoms with Crippen molar-refractivity contribution in [1.82, 2.24) is 4.98 Å². The number of aryl methyl sites for hydroxylation is 1. The highest BCUT2D eigenvalue weighted by atomic mass is 32.1. The van der Waals surface area contributed by atoms with E-state index in [1.54, 1.807) is 23.5 Å². The van der Waals surface area contributed by atoms with Gasteiger partial charge in [0.05, 0.1) is 0 Å². The van der Waals surface area contributed by atoms with E-state index in [2.05, 4.69) is 11.1 Å². The lowest BCUT2D eigenvalue weighted by atomic mass is 10.0. The molecule has 2 aromatic heterocycles. The lowest BCUT2D eigenvalue weighted by Crippen LogP contribution is -2.12. The molecule has 0 amide bonds. The van der Waals surface area contributed by atoms with Crippen LogP contribution in [0.15, 0.2) is 42.5 Å². The van der Waals surface area contributed by atoms with Crippen molar-refractivity contribution in [2.45, 2.75) is 6.92 Å². The van der Waals surface area contributed by atoms with E-state index in [4.69, 9.17) is 5.41 Å². The van der Waals surface area contributed by atoms with E-state index in [0.717, 1.165) is 20.9 Å². The van der Waals surface area contributed by atoms with Gasteiger partial charge in [-0.2, -0.15) is 5.26 Å². The topological polar surface area (TPSA) is 63.4 Å². The van der Waals surface area contributed by atoms with Gasteiger partial charge in [-0.15, -0.1) is 11.3 Å². The number of nitrogens with zero attached hydrogens (tertiary/aromatic N) is 1. The van der Waals surface area contributed by atoms with Crippen molar-refractivity contribution in [3.8, 4) is 27.8 Å². The first-order chi connectivity index (χ1) is 10.6. The Morgan fingerprint density at radius 1 is 1.18 bits per heavy atom. The van der Waals surface area contributed by atoms with Crippen LogP contribution in [-0.2, 0) is 0 Å². The van der Waals surface area contributed by atoms with E-state index in [1.807, 2.05) is 25.1 Å². The van der Waals surface area contributed by atoms with Gasteiger partial charge in [-0.05, 0) is 55.0 Å². The molecular weight excluding hydrogens is 297 g/mol. The van der Waals surface area contributed by atoms with Gasteiger partial charge in [0.25, 0.3) is 0 Å². The number of rotatable bonds is 2. The lowest BCUT2D eigenvalue weighted by Gasteiger charge is -2.07. The van der Waals surface area contributed by atoms with Crippen LogP contribution in [0.25, 0.3) is 21.7 Å². The number of H-pyrrole nitrogens is 1. The van der Waals surface area contributed by atoms with Crippen LogP contribution in [0, 0.1) is 29.5 Å². The molecule has 3 aromatic rings. The zero-order chi connectivity index (χ0) is 15.7. The predicted octanol–water partition coefficient (Wildman–Crippen LogP) is 4.21. The molecule has 0 fully saturated rings. The summed E-state index contributed by atoms with van der Waals surface area (Å²) in [6, 6.07) is 13.9. The third-order valence-corrected chi connectivity index (χ3v) is 4.37. The highest BCUT2D eigenvalue weighted by molar-refractivity contribution is 7.15. The first kappa shape index (κ1) is 14.2. The fraction of sp³-hybridized carbons (Fsp3) is 0.0588. The minimum absolute atomic E-state index is 0.0605. The summed E-state index contributed by atoms with van der Waals surface area (Å²) in [5, 5.41) is 17.4. The average molecular weight is 309 g/mol. The normalized spacial score (nSPS) is 10.4. The van der Waals surface area contributed by atoms with E-state index in [9.17, 15) is 9.65 Å². The second-order valence-electron chi connectivity index (χ2n) is 4.88. The smallest absolute Gasteiger partial charge is 0.141 e. The molecule has 2 heterocycles. The quantitative estimate of drug-likeness (QED) is 0.732. The first-order valence-electron chi connectivity index (χ1n) is 6.63. The Balaban J connectivity index is 2.23. The van der Waals surface area contributed by atoms with Gasteiger partial charge in [-0.3, -0.25) is 5.41 Å². The molecular formula is C17H12FN3S. The Labute approximate surface area is 130 Å². The summed E-state index contributed by atoms with van der Waals surface area (Å²) in [7, 11) is 0. The fourth-order valence-corrected chi connectivity index (χ4v) is 3.15. The Bertz CT molecular complexity index is 930. The first-order valence-corrected chi connectivity index (χ1v) is 7.45. The molecule has 2 N–H and O–H groups in total. The minimum Gasteiger partial charge on any atom is -0.339 e. The van der Waals surface area contributed by atoms with Gasteiger partial charge in [0, 0.05) is 21.0 Å². The van der Waals surface area contributed by atoms with E-state index in [-0.39, 0.29) is 11.3 Å². The summed E-state index contributed by atoms with van der Waals surface area (Å²) in [4.78, 5) is 4.99. The minimum atomic E-state index is -0.308. The number of hydrogen-bond donors (Lipinski definition) is 2. The van der Waals surface area contributed by atoms with Gasteiger partial charge in [-0.1, -0.05) is 0 Å². The zero-order valence-corrected chi connectivity index (χ0v) is 12.6. The molecule has 0 saturated carbocycles. The van der Waals surface area contributed by atoms with Crippen LogP contribution in [0.3, 0.4) is 0 Å². The number of pyridine rings is 1. The van der Waals surface area contributed by atoms with Crippen molar-refractivity contribution in [1.29, 1.82) is 10.7 Å². The number of halogens is 1. The molecule has 0 atom stereocenters. The van der Waals surface area contributed by atoms with Crippen molar-refractivity contribution < 1.29 is 4.39 Å². The maximum absolute atomic E-state index is 13.1. The van der Waals surface area contributed by atoms with Crippen LogP contribution in [0.1, 0.15) is 10.4 Å². The summed E-state index contributed by atoms with van der Waals surface area (Å²) in [6.45, 7) is 2.00. The molecule has 108 valence electrons. The van der Waals surface area contributed by atoms with Gasteiger partial charge >= 0.3 is 0 Å². The molecule has 0 aliphatic rings. The van der Waals surface area contributed by atoms with Gasteiger partial charge in [-0.25, -0.2) is 4.39 Å². The summed E-state index contributed by atoms with van der Waals surface area (Å²) in [6.07, 6.45) is 0. The maximum atomic E-state index is 13.1. The third-order valence-electron chi connectivity index (χ3n) is 3.34. The van der Waals surface area contributed by atoms with Crippen LogP contribution < -0.4 is 5.49 Å². The average Bonchev–Trinajstić information content (AvgIpc) is 2.93. The number of nitrogens with one attached hydrogen (secondary N) is 2. The number of benzene rings is 1. The van der Waals surface area contributed by atoms with Gasteiger partial charge in [0.1, 0.15) is 22.9 Å². The fourth-order valence-electron chi connectivity index (χ4n) is 2.26. The molecule has 3 rings (SSSR count). The number of nitriles is 1. The van der Waals surface area contributed by atoms with E-state index in [1.165, 1.54) is 12.1 Å². The van der Waals surface area contributed by atoms with Crippen molar-refractivity contribution in [2.24, 2.45) is 0 Å². The Kier molecular flexibility index (Phi) is 3.61. The van der Waals surface area contributed by atoms with E-state index < -0.39 is 0 Å². The molecule has 1 aromatic carbocycles. The summed E-state index contributed by atoms with van der Waals surface area (Å²) in [5.74, 6) is -0.308. The lowest BCUT2D eigenvalue weighted by molar-refractivity contribution is 0.628. The molecule has 0 unspecified atom stereocenters. The van der Waals surface area contributed by atoms with E-state index in [0.29, 0.717) is 11.3 Å². The van der Waals surface area contributed by atoms with Crippen LogP contribution in [0.2, 0.25) is 0 Å². The Hall–Kier alpha value is -2.71. The molecule has 3 nitrogen and oxygen atoms in total. The highest BCUT2D eigenvalue weighted by Gasteiger charge is 2.12. The van der Waals surface area contributed by atoms with E-state index >= 15 is 0 Å². The summed E-state index contributed by atoms with van der Waals surface area (Å²) < 4.78 is 13.1. The van der Waals surface area contributed by atoms with Crippen LogP contribution in [-0.4, -0.2) is 4.98 Å². The molecule has 0 radical (unpaired) electrons. The monoisotopic (exact) mass is 309 g/mol. The van der Waals surface area contributed by atoms with Gasteiger partial charge in [0.15, 0.2) is 0 Å². The number of aromatic amines is 1. The van der Waals surface area contributed by atoms with Crippen LogP contribution in [0.4, 0.5) is 4.39 Å². The Morgan fingerprint density at radius 2 is 1.91 bits per heavy atom. The second-order valence-corrected chi connectivity index (χ2v) is 6.16. The van der Waals surface area contributed by atoms with Gasteiger partial charge in [0.2, 0.25) is 0 Å². The standard InChI is InChI=1S/C17H12FN3S/c1-10-2-7-16(22-10)13-8-15(21-17(20)14(13)9-19)11-3-5-12(18)6-4-11/h2-8H,1H3,(H2,20,21). The Morgan fingerprint density at radius 3 is 2.50 bits per heavy atom. The van der Waals surface area contributed by atoms with Gasteiger partial charge < -0.3 is 4.98 Å². The van der Waals surface area contributed by atoms with Crippen LogP contribution >= 0.6 is 11.3 Å². The van der Waals surface area contributed by atoms with Crippen LogP contribution in [0.5, 0.6) is 0 Å². The second kappa shape index (κ2) is 5.58. The molecule has 0 aliphatic carbocycles. The predicted molar refractivity (Wildman–Crippen MR) is 84.8 cm³/mol. The molecule has 0 spiro atoms. The third kappa shape index (κ3) is 2.57. The molecule has 0 saturated heterocycles. The molecule has 0 aliphatic heterocycles.